The number of carbonyl (C=O) groups is 1. The monoisotopic (exact) mass is 441 g/mol. The number of rotatable bonds is 7. The van der Waals surface area contributed by atoms with Crippen molar-refractivity contribution in [2.24, 2.45) is 0 Å². The highest BCUT2D eigenvalue weighted by Crippen LogP contribution is 2.36. The molecule has 0 radical (unpaired) electrons. The van der Waals surface area contributed by atoms with Gasteiger partial charge in [-0.15, -0.1) is 17.9 Å². The van der Waals surface area contributed by atoms with Crippen molar-refractivity contribution in [2.45, 2.75) is 36.6 Å². The molecule has 0 saturated heterocycles. The fourth-order valence-electron chi connectivity index (χ4n) is 3.59. The van der Waals surface area contributed by atoms with Crippen molar-refractivity contribution in [1.29, 1.82) is 0 Å². The third kappa shape index (κ3) is 3.77. The van der Waals surface area contributed by atoms with Crippen LogP contribution >= 0.6 is 23.1 Å². The molecule has 30 heavy (non-hydrogen) atoms. The molecule has 1 N–H and O–H groups in total. The Kier molecular flexibility index (Phi) is 5.97. The number of aryl methyl sites for hydroxylation is 2. The standard InChI is InChI=1S/C22H23N3O3S2/c1-4-12-23-19(26)13(2)29-22-24-20-18(16-6-5-7-17(16)30-20)21(27)25(22)14-8-10-15(28-3)11-9-14/h4,8-11,13H,1,5-7,12H2,2-3H3,(H,23,26)/t13-/m0/s1. The highest BCUT2D eigenvalue weighted by atomic mass is 32.2. The molecule has 1 aliphatic rings. The zero-order valence-corrected chi connectivity index (χ0v) is 18.6. The van der Waals surface area contributed by atoms with Crippen LogP contribution in [-0.4, -0.2) is 34.4 Å². The topological polar surface area (TPSA) is 73.2 Å². The molecule has 0 aliphatic heterocycles. The molecule has 0 bridgehead atoms. The van der Waals surface area contributed by atoms with E-state index in [4.69, 9.17) is 9.72 Å². The summed E-state index contributed by atoms with van der Waals surface area (Å²) in [5, 5.41) is 3.62. The lowest BCUT2D eigenvalue weighted by Gasteiger charge is -2.16. The van der Waals surface area contributed by atoms with Gasteiger partial charge in [0.15, 0.2) is 5.16 Å². The first kappa shape index (κ1) is 20.7. The van der Waals surface area contributed by atoms with Gasteiger partial charge in [0.2, 0.25) is 5.91 Å². The Balaban J connectivity index is 1.83. The largest absolute Gasteiger partial charge is 0.497 e. The lowest BCUT2D eigenvalue weighted by molar-refractivity contribution is -0.120. The number of amides is 1. The number of aromatic nitrogens is 2. The molecule has 8 heteroatoms. The number of methoxy groups -OCH3 is 1. The zero-order chi connectivity index (χ0) is 21.3. The van der Waals surface area contributed by atoms with Crippen molar-refractivity contribution in [2.75, 3.05) is 13.7 Å². The van der Waals surface area contributed by atoms with E-state index in [-0.39, 0.29) is 11.5 Å². The van der Waals surface area contributed by atoms with Crippen molar-refractivity contribution < 1.29 is 9.53 Å². The van der Waals surface area contributed by atoms with Crippen LogP contribution in [0.25, 0.3) is 15.9 Å². The van der Waals surface area contributed by atoms with E-state index in [1.807, 2.05) is 31.2 Å². The van der Waals surface area contributed by atoms with Crippen molar-refractivity contribution in [3.8, 4) is 11.4 Å². The highest BCUT2D eigenvalue weighted by molar-refractivity contribution is 8.00. The van der Waals surface area contributed by atoms with Gasteiger partial charge in [-0.2, -0.15) is 0 Å². The van der Waals surface area contributed by atoms with Gasteiger partial charge in [0.05, 0.1) is 23.4 Å². The molecule has 2 heterocycles. The molecule has 0 saturated carbocycles. The first-order chi connectivity index (χ1) is 14.5. The predicted octanol–water partition coefficient (Wildman–Crippen LogP) is 3.73. The van der Waals surface area contributed by atoms with Crippen molar-refractivity contribution >= 4 is 39.2 Å². The van der Waals surface area contributed by atoms with E-state index in [1.54, 1.807) is 29.1 Å². The van der Waals surface area contributed by atoms with Gasteiger partial charge in [0, 0.05) is 11.4 Å². The average molecular weight is 442 g/mol. The van der Waals surface area contributed by atoms with Gasteiger partial charge in [-0.05, 0) is 56.0 Å². The van der Waals surface area contributed by atoms with E-state index in [2.05, 4.69) is 11.9 Å². The number of benzene rings is 1. The fraction of sp³-hybridized carbons (Fsp3) is 0.318. The summed E-state index contributed by atoms with van der Waals surface area (Å²) in [7, 11) is 1.61. The smallest absolute Gasteiger partial charge is 0.267 e. The number of nitrogens with zero attached hydrogens (tertiary/aromatic N) is 2. The lowest BCUT2D eigenvalue weighted by atomic mass is 10.2. The summed E-state index contributed by atoms with van der Waals surface area (Å²) >= 11 is 2.89. The fourth-order valence-corrected chi connectivity index (χ4v) is 5.84. The summed E-state index contributed by atoms with van der Waals surface area (Å²) < 4.78 is 6.87. The van der Waals surface area contributed by atoms with Crippen molar-refractivity contribution in [1.82, 2.24) is 14.9 Å². The summed E-state index contributed by atoms with van der Waals surface area (Å²) in [6, 6.07) is 7.32. The molecule has 1 amide bonds. The third-order valence-electron chi connectivity index (χ3n) is 5.11. The van der Waals surface area contributed by atoms with Crippen molar-refractivity contribution in [3.63, 3.8) is 0 Å². The molecule has 1 atom stereocenters. The van der Waals surface area contributed by atoms with Crippen LogP contribution in [0, 0.1) is 0 Å². The number of nitrogens with one attached hydrogen (secondary N) is 1. The number of ether oxygens (including phenoxy) is 1. The number of thioether (sulfide) groups is 1. The SMILES string of the molecule is C=CCNC(=O)[C@H](C)Sc1nc2sc3c(c2c(=O)n1-c1ccc(OC)cc1)CCC3. The Morgan fingerprint density at radius 3 is 2.87 bits per heavy atom. The molecule has 1 aromatic carbocycles. The Hall–Kier alpha value is -2.58. The molecule has 6 nitrogen and oxygen atoms in total. The molecule has 4 rings (SSSR count). The third-order valence-corrected chi connectivity index (χ3v) is 7.35. The molecule has 3 aromatic rings. The molecule has 1 aliphatic carbocycles. The molecule has 2 aromatic heterocycles. The number of fused-ring (bicyclic) bond motifs is 3. The van der Waals surface area contributed by atoms with Gasteiger partial charge in [0.1, 0.15) is 10.6 Å². The maximum atomic E-state index is 13.6. The second-order valence-corrected chi connectivity index (χ2v) is 9.46. The summed E-state index contributed by atoms with van der Waals surface area (Å²) in [6.07, 6.45) is 4.64. The van der Waals surface area contributed by atoms with Crippen LogP contribution in [-0.2, 0) is 17.6 Å². The van der Waals surface area contributed by atoms with Gasteiger partial charge in [-0.3, -0.25) is 14.2 Å². The quantitative estimate of drug-likeness (QED) is 0.344. The summed E-state index contributed by atoms with van der Waals surface area (Å²) in [5.74, 6) is 0.591. The normalized spacial score (nSPS) is 13.8. The van der Waals surface area contributed by atoms with E-state index in [0.29, 0.717) is 23.1 Å². The molecular weight excluding hydrogens is 418 g/mol. The van der Waals surface area contributed by atoms with Crippen molar-refractivity contribution in [3.05, 3.63) is 57.7 Å². The van der Waals surface area contributed by atoms with Gasteiger partial charge in [-0.1, -0.05) is 17.8 Å². The van der Waals surface area contributed by atoms with Gasteiger partial charge < -0.3 is 10.1 Å². The zero-order valence-electron chi connectivity index (χ0n) is 16.9. The Morgan fingerprint density at radius 1 is 1.40 bits per heavy atom. The van der Waals surface area contributed by atoms with E-state index in [9.17, 15) is 9.59 Å². The molecule has 0 unspecified atom stereocenters. The lowest BCUT2D eigenvalue weighted by Crippen LogP contribution is -2.32. The average Bonchev–Trinajstić information content (AvgIpc) is 3.33. The molecule has 0 spiro atoms. The Morgan fingerprint density at radius 2 is 2.17 bits per heavy atom. The Labute approximate surface area is 183 Å². The maximum absolute atomic E-state index is 13.6. The number of carbonyl (C=O) groups excluding carboxylic acids is 1. The number of thiophene rings is 1. The van der Waals surface area contributed by atoms with Crippen LogP contribution in [0.4, 0.5) is 0 Å². The molecule has 0 fully saturated rings. The second-order valence-electron chi connectivity index (χ2n) is 7.06. The van der Waals surface area contributed by atoms with E-state index < -0.39 is 5.25 Å². The minimum Gasteiger partial charge on any atom is -0.497 e. The van der Waals surface area contributed by atoms with Crippen LogP contribution in [0.2, 0.25) is 0 Å². The Bertz CT molecular complexity index is 1170. The van der Waals surface area contributed by atoms with Gasteiger partial charge in [-0.25, -0.2) is 4.98 Å². The summed E-state index contributed by atoms with van der Waals surface area (Å²) in [5.41, 5.74) is 1.77. The van der Waals surface area contributed by atoms with Crippen LogP contribution in [0.1, 0.15) is 23.8 Å². The van der Waals surface area contributed by atoms with Crippen LogP contribution < -0.4 is 15.6 Å². The minimum absolute atomic E-state index is 0.0780. The number of hydrogen-bond donors (Lipinski definition) is 1. The van der Waals surface area contributed by atoms with Gasteiger partial charge in [0.25, 0.3) is 5.56 Å². The predicted molar refractivity (Wildman–Crippen MR) is 122 cm³/mol. The maximum Gasteiger partial charge on any atom is 0.267 e. The number of hydrogen-bond acceptors (Lipinski definition) is 6. The van der Waals surface area contributed by atoms with E-state index in [1.165, 1.54) is 16.6 Å². The highest BCUT2D eigenvalue weighted by Gasteiger charge is 2.25. The summed E-state index contributed by atoms with van der Waals surface area (Å²) in [6.45, 7) is 5.84. The first-order valence-corrected chi connectivity index (χ1v) is 11.5. The van der Waals surface area contributed by atoms with Gasteiger partial charge >= 0.3 is 0 Å². The second kappa shape index (κ2) is 8.65. The van der Waals surface area contributed by atoms with Crippen LogP contribution in [0.5, 0.6) is 5.75 Å². The van der Waals surface area contributed by atoms with E-state index in [0.717, 1.165) is 35.0 Å². The van der Waals surface area contributed by atoms with Crippen LogP contribution in [0.3, 0.4) is 0 Å². The molecule has 156 valence electrons. The molecular formula is C22H23N3O3S2. The first-order valence-electron chi connectivity index (χ1n) is 9.80. The summed E-state index contributed by atoms with van der Waals surface area (Å²) in [4.78, 5) is 32.9. The minimum atomic E-state index is -0.411. The van der Waals surface area contributed by atoms with Crippen LogP contribution in [0.15, 0.2) is 46.9 Å². The van der Waals surface area contributed by atoms with E-state index >= 15 is 0 Å².